The third kappa shape index (κ3) is 4.96. The van der Waals surface area contributed by atoms with E-state index in [1.165, 1.54) is 18.2 Å². The molecule has 10 heteroatoms. The van der Waals surface area contributed by atoms with Crippen LogP contribution in [0.2, 0.25) is 0 Å². The predicted molar refractivity (Wildman–Crippen MR) is 97.0 cm³/mol. The normalized spacial score (nSPS) is 11.3. The van der Waals surface area contributed by atoms with E-state index in [1.807, 2.05) is 0 Å². The Bertz CT molecular complexity index is 1030. The Morgan fingerprint density at radius 1 is 1.15 bits per heavy atom. The average molecular weight is 386 g/mol. The first-order valence-electron chi connectivity index (χ1n) is 8.09. The van der Waals surface area contributed by atoms with Crippen molar-refractivity contribution in [2.24, 2.45) is 0 Å². The summed E-state index contributed by atoms with van der Waals surface area (Å²) in [5.41, 5.74) is 1.14. The molecule has 0 spiro atoms. The van der Waals surface area contributed by atoms with Crippen molar-refractivity contribution in [3.63, 3.8) is 0 Å². The smallest absolute Gasteiger partial charge is 0.251 e. The number of benzene rings is 1. The van der Waals surface area contributed by atoms with Crippen LogP contribution in [-0.4, -0.2) is 34.5 Å². The van der Waals surface area contributed by atoms with Gasteiger partial charge in [0.2, 0.25) is 10.0 Å². The molecule has 0 saturated carbocycles. The van der Waals surface area contributed by atoms with Gasteiger partial charge in [-0.1, -0.05) is 6.07 Å². The standard InChI is InChI=1S/C17H18N6O3S/c1-12-21-16(23-22-12)11-20-27(25,26)15-4-2-3-14(9-15)17(24)19-10-13-5-7-18-8-6-13/h2-9,20H,10-11H2,1H3,(H,19,24)(H,21,22,23). The highest BCUT2D eigenvalue weighted by molar-refractivity contribution is 7.89. The molecule has 0 saturated heterocycles. The molecule has 0 aliphatic rings. The van der Waals surface area contributed by atoms with Crippen LogP contribution in [0.15, 0.2) is 53.7 Å². The van der Waals surface area contributed by atoms with Crippen molar-refractivity contribution < 1.29 is 13.2 Å². The summed E-state index contributed by atoms with van der Waals surface area (Å²) in [6, 6.07) is 9.40. The van der Waals surface area contributed by atoms with Crippen LogP contribution in [0.4, 0.5) is 0 Å². The average Bonchev–Trinajstić information content (AvgIpc) is 3.11. The molecule has 3 N–H and O–H groups in total. The summed E-state index contributed by atoms with van der Waals surface area (Å²) in [6.07, 6.45) is 3.27. The van der Waals surface area contributed by atoms with Crippen LogP contribution in [0.25, 0.3) is 0 Å². The van der Waals surface area contributed by atoms with Gasteiger partial charge in [0.05, 0.1) is 11.4 Å². The maximum absolute atomic E-state index is 12.5. The molecule has 3 rings (SSSR count). The number of hydrogen-bond acceptors (Lipinski definition) is 6. The summed E-state index contributed by atoms with van der Waals surface area (Å²) in [5, 5.41) is 9.27. The lowest BCUT2D eigenvalue weighted by Gasteiger charge is -2.08. The van der Waals surface area contributed by atoms with Gasteiger partial charge >= 0.3 is 0 Å². The van der Waals surface area contributed by atoms with Crippen LogP contribution in [0.3, 0.4) is 0 Å². The Kier molecular flexibility index (Phi) is 5.57. The molecule has 2 heterocycles. The largest absolute Gasteiger partial charge is 0.348 e. The topological polar surface area (TPSA) is 130 Å². The lowest BCUT2D eigenvalue weighted by atomic mass is 10.2. The Hall–Kier alpha value is -3.11. The van der Waals surface area contributed by atoms with E-state index in [0.29, 0.717) is 18.2 Å². The van der Waals surface area contributed by atoms with E-state index in [1.54, 1.807) is 37.5 Å². The molecular weight excluding hydrogens is 368 g/mol. The van der Waals surface area contributed by atoms with E-state index in [-0.39, 0.29) is 22.9 Å². The number of rotatable bonds is 7. The highest BCUT2D eigenvalue weighted by Gasteiger charge is 2.17. The quantitative estimate of drug-likeness (QED) is 0.553. The van der Waals surface area contributed by atoms with Gasteiger partial charge in [0.15, 0.2) is 5.82 Å². The summed E-state index contributed by atoms with van der Waals surface area (Å²) in [5.74, 6) is 0.563. The molecule has 27 heavy (non-hydrogen) atoms. The third-order valence-corrected chi connectivity index (χ3v) is 5.07. The number of nitrogens with one attached hydrogen (secondary N) is 3. The number of aromatic amines is 1. The number of sulfonamides is 1. The van der Waals surface area contributed by atoms with Gasteiger partial charge in [-0.15, -0.1) is 0 Å². The second-order valence-corrected chi connectivity index (χ2v) is 7.49. The van der Waals surface area contributed by atoms with Crippen LogP contribution in [0, 0.1) is 6.92 Å². The number of hydrogen-bond donors (Lipinski definition) is 3. The Morgan fingerprint density at radius 3 is 2.63 bits per heavy atom. The molecule has 2 aromatic heterocycles. The van der Waals surface area contributed by atoms with Crippen molar-refractivity contribution in [1.82, 2.24) is 30.2 Å². The van der Waals surface area contributed by atoms with Crippen molar-refractivity contribution in [1.29, 1.82) is 0 Å². The van der Waals surface area contributed by atoms with Gasteiger partial charge in [0.25, 0.3) is 5.91 Å². The van der Waals surface area contributed by atoms with Crippen molar-refractivity contribution in [3.05, 3.63) is 71.6 Å². The van der Waals surface area contributed by atoms with Crippen molar-refractivity contribution >= 4 is 15.9 Å². The molecule has 0 fully saturated rings. The van der Waals surface area contributed by atoms with Gasteiger partial charge in [0.1, 0.15) is 5.82 Å². The number of aromatic nitrogens is 4. The molecule has 140 valence electrons. The lowest BCUT2D eigenvalue weighted by Crippen LogP contribution is -2.25. The number of nitrogens with zero attached hydrogens (tertiary/aromatic N) is 3. The SMILES string of the molecule is Cc1nc(CNS(=O)(=O)c2cccc(C(=O)NCc3ccncc3)c2)n[nH]1. The zero-order chi connectivity index (χ0) is 19.3. The van der Waals surface area contributed by atoms with Gasteiger partial charge in [-0.05, 0) is 42.8 Å². The zero-order valence-electron chi connectivity index (χ0n) is 14.5. The fraction of sp³-hybridized carbons (Fsp3) is 0.176. The lowest BCUT2D eigenvalue weighted by molar-refractivity contribution is 0.0950. The number of pyridine rings is 1. The predicted octanol–water partition coefficient (Wildman–Crippen LogP) is 0.917. The first kappa shape index (κ1) is 18.7. The first-order chi connectivity index (χ1) is 12.9. The van der Waals surface area contributed by atoms with Crippen LogP contribution < -0.4 is 10.0 Å². The monoisotopic (exact) mass is 386 g/mol. The van der Waals surface area contributed by atoms with Gasteiger partial charge in [-0.2, -0.15) is 5.10 Å². The minimum absolute atomic E-state index is 0.00804. The van der Waals surface area contributed by atoms with Crippen molar-refractivity contribution in [2.75, 3.05) is 0 Å². The van der Waals surface area contributed by atoms with Crippen LogP contribution in [-0.2, 0) is 23.1 Å². The molecular formula is C17H18N6O3S. The molecule has 1 amide bonds. The Balaban J connectivity index is 1.67. The minimum atomic E-state index is -3.80. The van der Waals surface area contributed by atoms with Crippen molar-refractivity contribution in [2.45, 2.75) is 24.9 Å². The van der Waals surface area contributed by atoms with Crippen molar-refractivity contribution in [3.8, 4) is 0 Å². The van der Waals surface area contributed by atoms with Crippen LogP contribution >= 0.6 is 0 Å². The maximum atomic E-state index is 12.5. The first-order valence-corrected chi connectivity index (χ1v) is 9.57. The Morgan fingerprint density at radius 2 is 1.93 bits per heavy atom. The summed E-state index contributed by atoms with van der Waals surface area (Å²) in [7, 11) is -3.80. The molecule has 0 bridgehead atoms. The highest BCUT2D eigenvalue weighted by Crippen LogP contribution is 2.12. The second kappa shape index (κ2) is 8.06. The number of carbonyl (C=O) groups excluding carboxylic acids is 1. The zero-order valence-corrected chi connectivity index (χ0v) is 15.3. The molecule has 0 radical (unpaired) electrons. The van der Waals surface area contributed by atoms with Gasteiger partial charge in [-0.3, -0.25) is 14.9 Å². The fourth-order valence-electron chi connectivity index (χ4n) is 2.30. The van der Waals surface area contributed by atoms with Crippen LogP contribution in [0.5, 0.6) is 0 Å². The van der Waals surface area contributed by atoms with E-state index in [4.69, 9.17) is 0 Å². The van der Waals surface area contributed by atoms with E-state index >= 15 is 0 Å². The third-order valence-electron chi connectivity index (χ3n) is 3.67. The number of aryl methyl sites for hydroxylation is 1. The molecule has 0 unspecified atom stereocenters. The fourth-order valence-corrected chi connectivity index (χ4v) is 3.33. The minimum Gasteiger partial charge on any atom is -0.348 e. The molecule has 1 aromatic carbocycles. The maximum Gasteiger partial charge on any atom is 0.251 e. The van der Waals surface area contributed by atoms with Gasteiger partial charge in [0, 0.05) is 24.5 Å². The molecule has 0 atom stereocenters. The Labute approximate surface area is 156 Å². The number of amides is 1. The van der Waals surface area contributed by atoms with E-state index in [2.05, 4.69) is 30.2 Å². The molecule has 3 aromatic rings. The number of H-pyrrole nitrogens is 1. The molecule has 0 aliphatic carbocycles. The summed E-state index contributed by atoms with van der Waals surface area (Å²) < 4.78 is 27.3. The van der Waals surface area contributed by atoms with E-state index in [0.717, 1.165) is 5.56 Å². The van der Waals surface area contributed by atoms with Gasteiger partial charge < -0.3 is 5.32 Å². The van der Waals surface area contributed by atoms with E-state index in [9.17, 15) is 13.2 Å². The van der Waals surface area contributed by atoms with E-state index < -0.39 is 10.0 Å². The molecule has 9 nitrogen and oxygen atoms in total. The summed E-state index contributed by atoms with van der Waals surface area (Å²) in [4.78, 5) is 20.3. The van der Waals surface area contributed by atoms with Gasteiger partial charge in [-0.25, -0.2) is 18.1 Å². The highest BCUT2D eigenvalue weighted by atomic mass is 32.2. The summed E-state index contributed by atoms with van der Waals surface area (Å²) in [6.45, 7) is 1.99. The molecule has 0 aliphatic heterocycles. The summed E-state index contributed by atoms with van der Waals surface area (Å²) >= 11 is 0. The number of carbonyl (C=O) groups is 1. The second-order valence-electron chi connectivity index (χ2n) is 5.73. The van der Waals surface area contributed by atoms with Crippen LogP contribution in [0.1, 0.15) is 27.6 Å².